The van der Waals surface area contributed by atoms with Gasteiger partial charge in [-0.2, -0.15) is 0 Å². The van der Waals surface area contributed by atoms with E-state index in [0.717, 1.165) is 10.3 Å². The summed E-state index contributed by atoms with van der Waals surface area (Å²) in [5, 5.41) is 11.7. The average molecular weight is 316 g/mol. The number of hydrogen-bond donors (Lipinski definition) is 1. The smallest absolute Gasteiger partial charge is 0.153 e. The lowest BCUT2D eigenvalue weighted by Gasteiger charge is -2.43. The maximum absolute atomic E-state index is 4.12. The molecule has 2 rings (SSSR count). The van der Waals surface area contributed by atoms with Crippen molar-refractivity contribution in [2.24, 2.45) is 7.05 Å². The molecule has 1 aromatic heterocycles. The molecule has 1 aromatic rings. The fourth-order valence-electron chi connectivity index (χ4n) is 3.29. The summed E-state index contributed by atoms with van der Waals surface area (Å²) in [6.07, 6.45) is 5.00. The van der Waals surface area contributed by atoms with E-state index in [1.165, 1.54) is 25.7 Å². The first-order valence-corrected chi connectivity index (χ1v) is 7.22. The first-order valence-electron chi connectivity index (χ1n) is 6.42. The second kappa shape index (κ2) is 5.27. The summed E-state index contributed by atoms with van der Waals surface area (Å²) in [7, 11) is 8.32. The molecule has 1 heterocycles. The molecule has 0 saturated heterocycles. The third kappa shape index (κ3) is 2.10. The number of hydrogen-bond acceptors (Lipinski definition) is 4. The van der Waals surface area contributed by atoms with Crippen molar-refractivity contribution in [3.05, 3.63) is 10.3 Å². The summed E-state index contributed by atoms with van der Waals surface area (Å²) in [5.74, 6) is 0. The Morgan fingerprint density at radius 3 is 2.39 bits per heavy atom. The van der Waals surface area contributed by atoms with Gasteiger partial charge in [0.05, 0.1) is 11.7 Å². The molecule has 1 unspecified atom stereocenters. The number of nitrogens with one attached hydrogen (secondary N) is 1. The molecule has 18 heavy (non-hydrogen) atoms. The van der Waals surface area contributed by atoms with Crippen LogP contribution in [0, 0.1) is 0 Å². The second-order valence-electron chi connectivity index (χ2n) is 5.32. The molecular weight excluding hydrogens is 294 g/mol. The van der Waals surface area contributed by atoms with Crippen molar-refractivity contribution in [3.63, 3.8) is 0 Å². The molecule has 0 bridgehead atoms. The molecule has 1 aliphatic carbocycles. The molecule has 0 aromatic carbocycles. The number of halogens is 1. The highest BCUT2D eigenvalue weighted by Gasteiger charge is 2.45. The van der Waals surface area contributed by atoms with Crippen LogP contribution in [0.15, 0.2) is 4.60 Å². The highest BCUT2D eigenvalue weighted by atomic mass is 79.9. The predicted octanol–water partition coefficient (Wildman–Crippen LogP) is 1.71. The van der Waals surface area contributed by atoms with Gasteiger partial charge in [0.2, 0.25) is 0 Å². The Morgan fingerprint density at radius 2 is 2.00 bits per heavy atom. The van der Waals surface area contributed by atoms with Crippen LogP contribution < -0.4 is 5.32 Å². The van der Waals surface area contributed by atoms with E-state index in [1.807, 2.05) is 18.8 Å². The predicted molar refractivity (Wildman–Crippen MR) is 75.4 cm³/mol. The number of nitrogens with zero attached hydrogens (tertiary/aromatic N) is 4. The lowest BCUT2D eigenvalue weighted by atomic mass is 9.85. The van der Waals surface area contributed by atoms with E-state index < -0.39 is 0 Å². The van der Waals surface area contributed by atoms with Crippen LogP contribution in [-0.4, -0.2) is 46.6 Å². The molecule has 0 amide bonds. The highest BCUT2D eigenvalue weighted by Crippen LogP contribution is 2.44. The molecular formula is C12H22BrN5. The third-order valence-electron chi connectivity index (χ3n) is 4.29. The zero-order valence-corrected chi connectivity index (χ0v) is 13.2. The van der Waals surface area contributed by atoms with E-state index in [0.29, 0.717) is 0 Å². The van der Waals surface area contributed by atoms with Gasteiger partial charge in [0.1, 0.15) is 0 Å². The van der Waals surface area contributed by atoms with E-state index in [1.54, 1.807) is 0 Å². The molecule has 1 aliphatic rings. The van der Waals surface area contributed by atoms with Crippen LogP contribution in [-0.2, 0) is 7.05 Å². The fraction of sp³-hybridized carbons (Fsp3) is 0.833. The van der Waals surface area contributed by atoms with Gasteiger partial charge in [0.15, 0.2) is 4.60 Å². The fourth-order valence-corrected chi connectivity index (χ4v) is 3.84. The Kier molecular flexibility index (Phi) is 4.08. The minimum Gasteiger partial charge on any atom is -0.310 e. The molecule has 5 nitrogen and oxygen atoms in total. The Morgan fingerprint density at radius 1 is 1.39 bits per heavy atom. The van der Waals surface area contributed by atoms with Crippen molar-refractivity contribution in [2.45, 2.75) is 37.3 Å². The molecule has 1 atom stereocenters. The summed E-state index contributed by atoms with van der Waals surface area (Å²) < 4.78 is 2.71. The zero-order valence-electron chi connectivity index (χ0n) is 11.6. The number of aryl methyl sites for hydroxylation is 1. The van der Waals surface area contributed by atoms with Gasteiger partial charge in [-0.1, -0.05) is 18.1 Å². The van der Waals surface area contributed by atoms with E-state index in [4.69, 9.17) is 0 Å². The highest BCUT2D eigenvalue weighted by molar-refractivity contribution is 9.10. The summed E-state index contributed by atoms with van der Waals surface area (Å²) in [6, 6.07) is 0.240. The van der Waals surface area contributed by atoms with Crippen LogP contribution in [0.5, 0.6) is 0 Å². The third-order valence-corrected chi connectivity index (χ3v) is 4.85. The Labute approximate surface area is 117 Å². The minimum absolute atomic E-state index is 0.159. The van der Waals surface area contributed by atoms with Crippen LogP contribution in [0.2, 0.25) is 0 Å². The lowest BCUT2D eigenvalue weighted by molar-refractivity contribution is 0.104. The first kappa shape index (κ1) is 14.0. The molecule has 1 fully saturated rings. The number of aromatic nitrogens is 3. The first-order chi connectivity index (χ1) is 8.53. The van der Waals surface area contributed by atoms with Crippen LogP contribution in [0.3, 0.4) is 0 Å². The van der Waals surface area contributed by atoms with Crippen molar-refractivity contribution in [2.75, 3.05) is 21.1 Å². The monoisotopic (exact) mass is 315 g/mol. The molecule has 6 heteroatoms. The van der Waals surface area contributed by atoms with Crippen LogP contribution in [0.1, 0.15) is 37.4 Å². The van der Waals surface area contributed by atoms with E-state index in [-0.39, 0.29) is 11.6 Å². The normalized spacial score (nSPS) is 20.6. The molecule has 0 radical (unpaired) electrons. The van der Waals surface area contributed by atoms with Crippen LogP contribution in [0.4, 0.5) is 0 Å². The van der Waals surface area contributed by atoms with Gasteiger partial charge in [-0.25, -0.2) is 4.68 Å². The summed E-state index contributed by atoms with van der Waals surface area (Å²) in [5.41, 5.74) is 1.29. The molecule has 0 aliphatic heterocycles. The summed E-state index contributed by atoms with van der Waals surface area (Å²) in [4.78, 5) is 2.36. The van der Waals surface area contributed by atoms with Crippen LogP contribution >= 0.6 is 15.9 Å². The van der Waals surface area contributed by atoms with Crippen molar-refractivity contribution < 1.29 is 0 Å². The quantitative estimate of drug-likeness (QED) is 0.919. The maximum Gasteiger partial charge on any atom is 0.153 e. The molecule has 1 N–H and O–H groups in total. The van der Waals surface area contributed by atoms with Gasteiger partial charge in [-0.05, 0) is 49.9 Å². The van der Waals surface area contributed by atoms with Crippen molar-refractivity contribution >= 4 is 15.9 Å². The lowest BCUT2D eigenvalue weighted by Crippen LogP contribution is -2.51. The Hall–Kier alpha value is -0.460. The average Bonchev–Trinajstić information content (AvgIpc) is 2.92. The SMILES string of the molecule is CNC(c1c(Br)nnn1C)C1(N(C)C)CCCC1. The molecule has 0 spiro atoms. The van der Waals surface area contributed by atoms with Crippen LogP contribution in [0.25, 0.3) is 0 Å². The zero-order chi connectivity index (χ0) is 13.3. The van der Waals surface area contributed by atoms with Gasteiger partial charge in [-0.15, -0.1) is 5.10 Å². The van der Waals surface area contributed by atoms with Gasteiger partial charge < -0.3 is 10.2 Å². The van der Waals surface area contributed by atoms with E-state index in [2.05, 4.69) is 50.6 Å². The number of likely N-dealkylation sites (N-methyl/N-ethyl adjacent to an activating group) is 2. The Bertz CT molecular complexity index is 389. The Balaban J connectivity index is 2.44. The summed E-state index contributed by atoms with van der Waals surface area (Å²) >= 11 is 3.53. The van der Waals surface area contributed by atoms with Crippen molar-refractivity contribution in [3.8, 4) is 0 Å². The van der Waals surface area contributed by atoms with Crippen molar-refractivity contribution in [1.29, 1.82) is 0 Å². The molecule has 1 saturated carbocycles. The van der Waals surface area contributed by atoms with Gasteiger partial charge in [0.25, 0.3) is 0 Å². The van der Waals surface area contributed by atoms with E-state index >= 15 is 0 Å². The standard InChI is InChI=1S/C12H22BrN5/c1-14-10(9-11(13)15-16-18(9)4)12(17(2)3)7-5-6-8-12/h10,14H,5-8H2,1-4H3. The maximum atomic E-state index is 4.12. The van der Waals surface area contributed by atoms with Crippen molar-refractivity contribution in [1.82, 2.24) is 25.2 Å². The summed E-state index contributed by atoms with van der Waals surface area (Å²) in [6.45, 7) is 0. The molecule has 102 valence electrons. The van der Waals surface area contributed by atoms with Gasteiger partial charge in [0, 0.05) is 12.6 Å². The van der Waals surface area contributed by atoms with Gasteiger partial charge in [-0.3, -0.25) is 0 Å². The minimum atomic E-state index is 0.159. The topological polar surface area (TPSA) is 46.0 Å². The number of rotatable bonds is 4. The second-order valence-corrected chi connectivity index (χ2v) is 6.07. The van der Waals surface area contributed by atoms with Gasteiger partial charge >= 0.3 is 0 Å². The van der Waals surface area contributed by atoms with E-state index in [9.17, 15) is 0 Å². The largest absolute Gasteiger partial charge is 0.310 e.